The van der Waals surface area contributed by atoms with Gasteiger partial charge in [-0.25, -0.2) is 0 Å². The van der Waals surface area contributed by atoms with Crippen molar-refractivity contribution in [2.45, 2.75) is 12.3 Å². The minimum atomic E-state index is 0.338. The Morgan fingerprint density at radius 2 is 1.38 bits per heavy atom. The van der Waals surface area contributed by atoms with Crippen molar-refractivity contribution in [1.29, 1.82) is 0 Å². The molecular weight excluding hydrogens is 567 g/mol. The second-order valence-corrected chi connectivity index (χ2v) is 13.1. The molecule has 0 saturated carbocycles. The average molecular weight is 594 g/mol. The van der Waals surface area contributed by atoms with E-state index in [2.05, 4.69) is 138 Å². The smallest absolute Gasteiger partial charge is 0.143 e. The van der Waals surface area contributed by atoms with Gasteiger partial charge in [-0.1, -0.05) is 115 Å². The zero-order valence-electron chi connectivity index (χ0n) is 24.4. The zero-order valence-corrected chi connectivity index (χ0v) is 25.2. The maximum atomic E-state index is 6.33. The maximum absolute atomic E-state index is 6.33. The summed E-state index contributed by atoms with van der Waals surface area (Å²) in [5.74, 6) is 0.338. The first-order valence-corrected chi connectivity index (χ1v) is 16.4. The van der Waals surface area contributed by atoms with Gasteiger partial charge in [0.15, 0.2) is 0 Å². The Morgan fingerprint density at radius 3 is 2.24 bits per heavy atom. The highest BCUT2D eigenvalue weighted by atomic mass is 32.1. The van der Waals surface area contributed by atoms with E-state index in [9.17, 15) is 0 Å². The quantitative estimate of drug-likeness (QED) is 0.199. The fraction of sp³-hybridized carbons (Fsp3) is 0.0476. The minimum absolute atomic E-state index is 0.338. The molecule has 0 amide bonds. The standard InChI is InChI=1S/C42H27NOS/c1-4-13-37-31(8-1)34-24-25-36-33-10-3-6-15-39(33)45-42(36)40(34)43(37)29-22-20-27(21-23-29)26-16-18-28(19-17-26)30-11-7-12-35-32-9-2-5-14-38(32)44-41(30)35/h1-16,18-26H,17H2. The summed E-state index contributed by atoms with van der Waals surface area (Å²) in [5, 5.41) is 7.61. The van der Waals surface area contributed by atoms with Gasteiger partial charge in [-0.05, 0) is 47.9 Å². The van der Waals surface area contributed by atoms with Crippen LogP contribution in [0, 0.1) is 0 Å². The molecule has 212 valence electrons. The molecule has 10 rings (SSSR count). The molecule has 0 saturated heterocycles. The van der Waals surface area contributed by atoms with Gasteiger partial charge in [0, 0.05) is 54.2 Å². The number of allylic oxidation sites excluding steroid dienone is 4. The van der Waals surface area contributed by atoms with E-state index in [1.54, 1.807) is 0 Å². The number of thiophene rings is 1. The van der Waals surface area contributed by atoms with Crippen LogP contribution >= 0.6 is 11.3 Å². The van der Waals surface area contributed by atoms with E-state index in [-0.39, 0.29) is 0 Å². The van der Waals surface area contributed by atoms with Crippen LogP contribution in [0.3, 0.4) is 0 Å². The van der Waals surface area contributed by atoms with E-state index in [4.69, 9.17) is 4.42 Å². The van der Waals surface area contributed by atoms with Crippen molar-refractivity contribution in [3.63, 3.8) is 0 Å². The van der Waals surface area contributed by atoms with Crippen molar-refractivity contribution in [1.82, 2.24) is 4.57 Å². The number of fused-ring (bicyclic) bond motifs is 10. The molecule has 45 heavy (non-hydrogen) atoms. The van der Waals surface area contributed by atoms with Gasteiger partial charge >= 0.3 is 0 Å². The molecular formula is C42H27NOS. The summed E-state index contributed by atoms with van der Waals surface area (Å²) in [7, 11) is 0. The predicted octanol–water partition coefficient (Wildman–Crippen LogP) is 12.2. The Hall–Kier alpha value is -5.38. The SMILES string of the molecule is C1=CC(c2ccc(-n3c4ccccc4c4ccc5c6ccccc6sc5c43)cc2)CC=C1c1cccc2c1oc1ccccc12. The van der Waals surface area contributed by atoms with E-state index in [1.165, 1.54) is 69.6 Å². The van der Waals surface area contributed by atoms with Crippen LogP contribution in [0.15, 0.2) is 150 Å². The fourth-order valence-electron chi connectivity index (χ4n) is 7.41. The summed E-state index contributed by atoms with van der Waals surface area (Å²) >= 11 is 1.90. The lowest BCUT2D eigenvalue weighted by atomic mass is 9.88. The summed E-state index contributed by atoms with van der Waals surface area (Å²) in [4.78, 5) is 0. The van der Waals surface area contributed by atoms with Crippen LogP contribution in [0.1, 0.15) is 23.5 Å². The molecule has 0 N–H and O–H groups in total. The molecule has 0 aliphatic heterocycles. The molecule has 2 nitrogen and oxygen atoms in total. The highest BCUT2D eigenvalue weighted by Crippen LogP contribution is 2.43. The molecule has 6 aromatic carbocycles. The van der Waals surface area contributed by atoms with Gasteiger partial charge in [-0.2, -0.15) is 0 Å². The lowest BCUT2D eigenvalue weighted by Gasteiger charge is -2.18. The lowest BCUT2D eigenvalue weighted by Crippen LogP contribution is -2.00. The number of hydrogen-bond donors (Lipinski definition) is 0. The molecule has 9 aromatic rings. The molecule has 3 heteroatoms. The van der Waals surface area contributed by atoms with Crippen molar-refractivity contribution in [3.05, 3.63) is 157 Å². The van der Waals surface area contributed by atoms with Gasteiger partial charge in [0.05, 0.1) is 15.7 Å². The molecule has 1 atom stereocenters. The molecule has 1 aliphatic rings. The second-order valence-electron chi connectivity index (χ2n) is 12.0. The van der Waals surface area contributed by atoms with E-state index >= 15 is 0 Å². The van der Waals surface area contributed by atoms with Crippen molar-refractivity contribution < 1.29 is 4.42 Å². The van der Waals surface area contributed by atoms with Gasteiger partial charge in [-0.3, -0.25) is 0 Å². The molecule has 1 aliphatic carbocycles. The van der Waals surface area contributed by atoms with Crippen molar-refractivity contribution in [2.24, 2.45) is 0 Å². The Morgan fingerprint density at radius 1 is 0.622 bits per heavy atom. The summed E-state index contributed by atoms with van der Waals surface area (Å²) in [5.41, 5.74) is 9.37. The Labute approximate surface area is 263 Å². The van der Waals surface area contributed by atoms with E-state index in [0.717, 1.165) is 23.2 Å². The van der Waals surface area contributed by atoms with Crippen LogP contribution in [-0.4, -0.2) is 4.57 Å². The fourth-order valence-corrected chi connectivity index (χ4v) is 8.65. The largest absolute Gasteiger partial charge is 0.455 e. The minimum Gasteiger partial charge on any atom is -0.455 e. The van der Waals surface area contributed by atoms with Crippen LogP contribution in [0.4, 0.5) is 0 Å². The molecule has 0 bridgehead atoms. The summed E-state index contributed by atoms with van der Waals surface area (Å²) in [6.07, 6.45) is 7.95. The number of benzene rings is 6. The third-order valence-electron chi connectivity index (χ3n) is 9.57. The summed E-state index contributed by atoms with van der Waals surface area (Å²) in [6.45, 7) is 0. The Kier molecular flexibility index (Phi) is 5.31. The molecule has 3 heterocycles. The summed E-state index contributed by atoms with van der Waals surface area (Å²) < 4.78 is 11.5. The van der Waals surface area contributed by atoms with Gasteiger partial charge in [-0.15, -0.1) is 11.3 Å². The first-order chi connectivity index (χ1) is 22.3. The average Bonchev–Trinajstić information content (AvgIpc) is 3.78. The number of furan rings is 1. The number of aromatic nitrogens is 1. The maximum Gasteiger partial charge on any atom is 0.143 e. The first kappa shape index (κ1) is 25.0. The monoisotopic (exact) mass is 593 g/mol. The number of rotatable bonds is 3. The van der Waals surface area contributed by atoms with Gasteiger partial charge in [0.2, 0.25) is 0 Å². The van der Waals surface area contributed by atoms with Crippen LogP contribution < -0.4 is 0 Å². The number of hydrogen-bond acceptors (Lipinski definition) is 2. The second kappa shape index (κ2) is 9.56. The van der Waals surface area contributed by atoms with Gasteiger partial charge < -0.3 is 8.98 Å². The summed E-state index contributed by atoms with van der Waals surface area (Å²) in [6, 6.07) is 46.2. The van der Waals surface area contributed by atoms with Crippen LogP contribution in [0.5, 0.6) is 0 Å². The molecule has 0 fully saturated rings. The van der Waals surface area contributed by atoms with Crippen molar-refractivity contribution >= 4 is 80.8 Å². The molecule has 0 radical (unpaired) electrons. The number of para-hydroxylation sites is 3. The first-order valence-electron chi connectivity index (χ1n) is 15.5. The third-order valence-corrected chi connectivity index (χ3v) is 10.8. The predicted molar refractivity (Wildman–Crippen MR) is 192 cm³/mol. The Balaban J connectivity index is 1.03. The van der Waals surface area contributed by atoms with Gasteiger partial charge in [0.1, 0.15) is 11.2 Å². The topological polar surface area (TPSA) is 18.1 Å². The lowest BCUT2D eigenvalue weighted by molar-refractivity contribution is 0.667. The van der Waals surface area contributed by atoms with Crippen LogP contribution in [-0.2, 0) is 0 Å². The van der Waals surface area contributed by atoms with Crippen LogP contribution in [0.2, 0.25) is 0 Å². The van der Waals surface area contributed by atoms with E-state index in [1.807, 2.05) is 23.5 Å². The van der Waals surface area contributed by atoms with Crippen LogP contribution in [0.25, 0.3) is 75.2 Å². The van der Waals surface area contributed by atoms with Crippen molar-refractivity contribution in [2.75, 3.05) is 0 Å². The van der Waals surface area contributed by atoms with Crippen molar-refractivity contribution in [3.8, 4) is 5.69 Å². The molecule has 0 spiro atoms. The molecule has 1 unspecified atom stereocenters. The number of nitrogens with zero attached hydrogens (tertiary/aromatic N) is 1. The third kappa shape index (κ3) is 3.68. The highest BCUT2D eigenvalue weighted by Gasteiger charge is 2.19. The van der Waals surface area contributed by atoms with E-state index < -0.39 is 0 Å². The normalized spacial score (nSPS) is 15.3. The zero-order chi connectivity index (χ0) is 29.5. The van der Waals surface area contributed by atoms with E-state index in [0.29, 0.717) is 5.92 Å². The molecule has 3 aromatic heterocycles. The van der Waals surface area contributed by atoms with Gasteiger partial charge in [0.25, 0.3) is 0 Å². The highest BCUT2D eigenvalue weighted by molar-refractivity contribution is 7.26. The Bertz CT molecular complexity index is 2680.